The Kier molecular flexibility index (Phi) is 5.97. The second-order valence-corrected chi connectivity index (χ2v) is 6.24. The van der Waals surface area contributed by atoms with E-state index in [4.69, 9.17) is 5.11 Å². The molecule has 0 saturated heterocycles. The number of amides is 2. The second-order valence-electron chi connectivity index (χ2n) is 5.33. The van der Waals surface area contributed by atoms with Crippen molar-refractivity contribution in [2.45, 2.75) is 26.7 Å². The van der Waals surface area contributed by atoms with Gasteiger partial charge in [0.1, 0.15) is 5.82 Å². The molecular weight excluding hydrogens is 376 g/mol. The molecule has 7 nitrogen and oxygen atoms in total. The summed E-state index contributed by atoms with van der Waals surface area (Å²) in [5, 5.41) is 18.5. The highest BCUT2D eigenvalue weighted by molar-refractivity contribution is 9.10. The Morgan fingerprint density at radius 3 is 2.54 bits per heavy atom. The number of hydrogen-bond donors (Lipinski definition) is 3. The number of aryl methyl sites for hydroxylation is 1. The van der Waals surface area contributed by atoms with Crippen molar-refractivity contribution < 1.29 is 14.7 Å². The zero-order valence-corrected chi connectivity index (χ0v) is 15.1. The molecule has 8 heteroatoms. The molecule has 2 rings (SSSR count). The van der Waals surface area contributed by atoms with Crippen LogP contribution in [0, 0.1) is 13.8 Å². The summed E-state index contributed by atoms with van der Waals surface area (Å²) in [4.78, 5) is 22.5. The van der Waals surface area contributed by atoms with Crippen LogP contribution in [-0.2, 0) is 4.79 Å². The molecule has 1 aromatic carbocycles. The van der Waals surface area contributed by atoms with E-state index in [1.807, 2.05) is 38.1 Å². The first-order chi connectivity index (χ1) is 11.4. The molecule has 128 valence electrons. The lowest BCUT2D eigenvalue weighted by molar-refractivity contribution is -0.137. The number of benzene rings is 1. The Hall–Kier alpha value is -2.35. The summed E-state index contributed by atoms with van der Waals surface area (Å²) in [6.45, 7) is 4.06. The average molecular weight is 395 g/mol. The summed E-state index contributed by atoms with van der Waals surface area (Å²) in [6, 6.07) is 7.20. The lowest BCUT2D eigenvalue weighted by Crippen LogP contribution is -2.30. The number of carbonyl (C=O) groups is 2. The van der Waals surface area contributed by atoms with E-state index >= 15 is 0 Å². The predicted octanol–water partition coefficient (Wildman–Crippen LogP) is 3.24. The van der Waals surface area contributed by atoms with Crippen LogP contribution in [-0.4, -0.2) is 33.4 Å². The summed E-state index contributed by atoms with van der Waals surface area (Å²) < 4.78 is 2.63. The van der Waals surface area contributed by atoms with E-state index in [1.54, 1.807) is 4.68 Å². The number of nitrogens with zero attached hydrogens (tertiary/aromatic N) is 2. The van der Waals surface area contributed by atoms with Gasteiger partial charge >= 0.3 is 12.0 Å². The number of aliphatic carboxylic acids is 1. The molecule has 2 aromatic rings. The van der Waals surface area contributed by atoms with Gasteiger partial charge in [-0.05, 0) is 44.5 Å². The van der Waals surface area contributed by atoms with Gasteiger partial charge in [-0.2, -0.15) is 5.10 Å². The Labute approximate surface area is 148 Å². The molecule has 0 fully saturated rings. The monoisotopic (exact) mass is 394 g/mol. The van der Waals surface area contributed by atoms with Crippen LogP contribution in [0.25, 0.3) is 5.69 Å². The van der Waals surface area contributed by atoms with Gasteiger partial charge in [0.15, 0.2) is 0 Å². The highest BCUT2D eigenvalue weighted by Gasteiger charge is 2.15. The number of hydrogen-bond acceptors (Lipinski definition) is 3. The third-order valence-corrected chi connectivity index (χ3v) is 4.04. The molecule has 0 saturated carbocycles. The lowest BCUT2D eigenvalue weighted by atomic mass is 10.2. The zero-order chi connectivity index (χ0) is 17.7. The maximum Gasteiger partial charge on any atom is 0.320 e. The van der Waals surface area contributed by atoms with Gasteiger partial charge < -0.3 is 10.4 Å². The van der Waals surface area contributed by atoms with E-state index in [9.17, 15) is 9.59 Å². The molecule has 1 aromatic heterocycles. The lowest BCUT2D eigenvalue weighted by Gasteiger charge is -2.11. The van der Waals surface area contributed by atoms with Gasteiger partial charge in [0, 0.05) is 23.0 Å². The molecule has 0 aliphatic heterocycles. The van der Waals surface area contributed by atoms with Gasteiger partial charge in [-0.3, -0.25) is 10.1 Å². The molecule has 24 heavy (non-hydrogen) atoms. The van der Waals surface area contributed by atoms with Gasteiger partial charge in [0.25, 0.3) is 0 Å². The van der Waals surface area contributed by atoms with Crippen molar-refractivity contribution in [3.63, 3.8) is 0 Å². The van der Waals surface area contributed by atoms with Crippen LogP contribution >= 0.6 is 15.9 Å². The minimum absolute atomic E-state index is 0.0231. The molecule has 1 heterocycles. The van der Waals surface area contributed by atoms with Crippen molar-refractivity contribution in [3.05, 3.63) is 40.0 Å². The van der Waals surface area contributed by atoms with Crippen LogP contribution in [0.4, 0.5) is 10.6 Å². The Morgan fingerprint density at radius 1 is 1.25 bits per heavy atom. The molecule has 2 amide bonds. The van der Waals surface area contributed by atoms with Crippen LogP contribution in [0.2, 0.25) is 0 Å². The van der Waals surface area contributed by atoms with E-state index in [0.717, 1.165) is 21.4 Å². The van der Waals surface area contributed by atoms with Crippen molar-refractivity contribution in [3.8, 4) is 5.69 Å². The predicted molar refractivity (Wildman–Crippen MR) is 94.6 cm³/mol. The third-order valence-electron chi connectivity index (χ3n) is 3.52. The van der Waals surface area contributed by atoms with Crippen molar-refractivity contribution in [1.29, 1.82) is 0 Å². The van der Waals surface area contributed by atoms with E-state index in [0.29, 0.717) is 18.8 Å². The number of urea groups is 1. The zero-order valence-electron chi connectivity index (χ0n) is 13.5. The Balaban J connectivity index is 2.10. The highest BCUT2D eigenvalue weighted by Crippen LogP contribution is 2.23. The van der Waals surface area contributed by atoms with Crippen LogP contribution in [0.5, 0.6) is 0 Å². The van der Waals surface area contributed by atoms with Gasteiger partial charge in [-0.15, -0.1) is 0 Å². The summed E-state index contributed by atoms with van der Waals surface area (Å²) in [6.07, 6.45) is 0.405. The number of halogens is 1. The fourth-order valence-electron chi connectivity index (χ4n) is 2.11. The minimum Gasteiger partial charge on any atom is -0.481 e. The van der Waals surface area contributed by atoms with E-state index in [2.05, 4.69) is 31.7 Å². The summed E-state index contributed by atoms with van der Waals surface area (Å²) in [5.74, 6) is -0.289. The number of nitrogens with one attached hydrogen (secondary N) is 2. The second kappa shape index (κ2) is 7.96. The largest absolute Gasteiger partial charge is 0.481 e. The first kappa shape index (κ1) is 18.0. The molecule has 0 bridgehead atoms. The van der Waals surface area contributed by atoms with E-state index in [-0.39, 0.29) is 12.5 Å². The third kappa shape index (κ3) is 4.58. The number of carbonyl (C=O) groups excluding carboxylic acids is 1. The topological polar surface area (TPSA) is 96.3 Å². The summed E-state index contributed by atoms with van der Waals surface area (Å²) in [7, 11) is 0. The summed E-state index contributed by atoms with van der Waals surface area (Å²) >= 11 is 3.39. The van der Waals surface area contributed by atoms with Crippen molar-refractivity contribution in [2.75, 3.05) is 11.9 Å². The molecule has 3 N–H and O–H groups in total. The summed E-state index contributed by atoms with van der Waals surface area (Å²) in [5.41, 5.74) is 2.52. The fraction of sp³-hybridized carbons (Fsp3) is 0.312. The average Bonchev–Trinajstić information content (AvgIpc) is 2.80. The number of carboxylic acids is 1. The molecule has 0 unspecified atom stereocenters. The molecular formula is C16H19BrN4O3. The number of aromatic nitrogens is 2. The standard InChI is InChI=1S/C16H19BrN4O3/c1-10-11(2)20-21(13-7-5-12(17)6-8-13)15(10)19-16(24)18-9-3-4-14(22)23/h5-8H,3-4,9H2,1-2H3,(H,22,23)(H2,18,19,24). The van der Waals surface area contributed by atoms with Crippen LogP contribution < -0.4 is 10.6 Å². The first-order valence-corrected chi connectivity index (χ1v) is 8.26. The van der Waals surface area contributed by atoms with Crippen molar-refractivity contribution >= 4 is 33.7 Å². The maximum atomic E-state index is 12.0. The molecule has 0 aliphatic carbocycles. The number of anilines is 1. The molecule has 0 spiro atoms. The van der Waals surface area contributed by atoms with Gasteiger partial charge in [-0.1, -0.05) is 15.9 Å². The quantitative estimate of drug-likeness (QED) is 0.655. The van der Waals surface area contributed by atoms with E-state index < -0.39 is 5.97 Å². The Morgan fingerprint density at radius 2 is 1.92 bits per heavy atom. The maximum absolute atomic E-state index is 12.0. The SMILES string of the molecule is Cc1nn(-c2ccc(Br)cc2)c(NC(=O)NCCCC(=O)O)c1C. The highest BCUT2D eigenvalue weighted by atomic mass is 79.9. The first-order valence-electron chi connectivity index (χ1n) is 7.47. The Bertz CT molecular complexity index is 741. The fourth-order valence-corrected chi connectivity index (χ4v) is 2.38. The van der Waals surface area contributed by atoms with Crippen LogP contribution in [0.3, 0.4) is 0 Å². The van der Waals surface area contributed by atoms with Crippen molar-refractivity contribution in [2.24, 2.45) is 0 Å². The van der Waals surface area contributed by atoms with Gasteiger partial charge in [0.2, 0.25) is 0 Å². The van der Waals surface area contributed by atoms with Crippen LogP contribution in [0.15, 0.2) is 28.7 Å². The van der Waals surface area contributed by atoms with Crippen molar-refractivity contribution in [1.82, 2.24) is 15.1 Å². The van der Waals surface area contributed by atoms with E-state index in [1.165, 1.54) is 0 Å². The van der Waals surface area contributed by atoms with Crippen LogP contribution in [0.1, 0.15) is 24.1 Å². The number of carboxylic acid groups (broad SMARTS) is 1. The number of rotatable bonds is 6. The van der Waals surface area contributed by atoms with Gasteiger partial charge in [-0.25, -0.2) is 9.48 Å². The molecule has 0 atom stereocenters. The smallest absolute Gasteiger partial charge is 0.320 e. The molecule has 0 radical (unpaired) electrons. The molecule has 0 aliphatic rings. The van der Waals surface area contributed by atoms with Gasteiger partial charge in [0.05, 0.1) is 11.4 Å². The normalized spacial score (nSPS) is 10.5. The minimum atomic E-state index is -0.878.